The van der Waals surface area contributed by atoms with Crippen LogP contribution in [0.4, 0.5) is 0 Å². The van der Waals surface area contributed by atoms with Crippen molar-refractivity contribution in [1.29, 1.82) is 0 Å². The second-order valence-corrected chi connectivity index (χ2v) is 8.38. The Morgan fingerprint density at radius 3 is 2.57 bits per heavy atom. The van der Waals surface area contributed by atoms with Gasteiger partial charge in [-0.15, -0.1) is 0 Å². The fourth-order valence-electron chi connectivity index (χ4n) is 4.30. The maximum Gasteiger partial charge on any atom is 0.227 e. The Bertz CT molecular complexity index is 956. The number of fused-ring (bicyclic) bond motifs is 2. The van der Waals surface area contributed by atoms with E-state index in [1.807, 2.05) is 11.0 Å². The average molecular weight is 429 g/mol. The number of hydrogen-bond acceptors (Lipinski definition) is 5. The van der Waals surface area contributed by atoms with Crippen molar-refractivity contribution < 1.29 is 19.0 Å². The van der Waals surface area contributed by atoms with Crippen LogP contribution in [0.15, 0.2) is 30.3 Å². The van der Waals surface area contributed by atoms with Crippen molar-refractivity contribution in [2.24, 2.45) is 0 Å². The van der Waals surface area contributed by atoms with E-state index in [-0.39, 0.29) is 5.91 Å². The fourth-order valence-corrected chi connectivity index (χ4v) is 4.59. The highest BCUT2D eigenvalue weighted by atomic mass is 35.5. The standard InChI is InChI=1S/C23H25ClN2O4/c24-19-12-17(13-21-23(19)30-10-9-29-21)14-22(27)26-6-4-25(5-7-26)15-16-1-2-20-18(11-16)3-8-28-20/h1-2,11-13H,3-10,14-15H2. The average Bonchev–Trinajstić information content (AvgIpc) is 3.22. The zero-order valence-electron chi connectivity index (χ0n) is 16.9. The minimum atomic E-state index is 0.122. The van der Waals surface area contributed by atoms with Crippen LogP contribution in [0, 0.1) is 0 Å². The number of rotatable bonds is 4. The highest BCUT2D eigenvalue weighted by molar-refractivity contribution is 6.32. The summed E-state index contributed by atoms with van der Waals surface area (Å²) in [5.74, 6) is 2.34. The van der Waals surface area contributed by atoms with Gasteiger partial charge in [0.2, 0.25) is 5.91 Å². The normalized spacial score (nSPS) is 18.1. The number of ether oxygens (including phenoxy) is 3. The molecule has 1 amide bonds. The van der Waals surface area contributed by atoms with Crippen LogP contribution in [-0.4, -0.2) is 61.7 Å². The summed E-state index contributed by atoms with van der Waals surface area (Å²) in [6, 6.07) is 10.2. The molecule has 30 heavy (non-hydrogen) atoms. The van der Waals surface area contributed by atoms with Crippen LogP contribution in [0.1, 0.15) is 16.7 Å². The second-order valence-electron chi connectivity index (χ2n) is 7.98. The van der Waals surface area contributed by atoms with Gasteiger partial charge < -0.3 is 19.1 Å². The molecule has 0 unspecified atom stereocenters. The lowest BCUT2D eigenvalue weighted by atomic mass is 10.1. The van der Waals surface area contributed by atoms with Gasteiger partial charge in [-0.2, -0.15) is 0 Å². The van der Waals surface area contributed by atoms with Crippen LogP contribution in [0.25, 0.3) is 0 Å². The highest BCUT2D eigenvalue weighted by Gasteiger charge is 2.23. The lowest BCUT2D eigenvalue weighted by molar-refractivity contribution is -0.132. The third-order valence-corrected chi connectivity index (χ3v) is 6.18. The highest BCUT2D eigenvalue weighted by Crippen LogP contribution is 2.38. The minimum Gasteiger partial charge on any atom is -0.493 e. The molecule has 0 aliphatic carbocycles. The largest absolute Gasteiger partial charge is 0.493 e. The molecule has 0 saturated carbocycles. The summed E-state index contributed by atoms with van der Waals surface area (Å²) < 4.78 is 16.8. The van der Waals surface area contributed by atoms with Crippen molar-refractivity contribution in [2.45, 2.75) is 19.4 Å². The molecule has 0 atom stereocenters. The number of amides is 1. The van der Waals surface area contributed by atoms with E-state index in [4.69, 9.17) is 25.8 Å². The minimum absolute atomic E-state index is 0.122. The lowest BCUT2D eigenvalue weighted by Crippen LogP contribution is -2.48. The Labute approximate surface area is 181 Å². The first kappa shape index (κ1) is 19.5. The number of nitrogens with zero attached hydrogens (tertiary/aromatic N) is 2. The van der Waals surface area contributed by atoms with E-state index >= 15 is 0 Å². The van der Waals surface area contributed by atoms with Crippen molar-refractivity contribution >= 4 is 17.5 Å². The van der Waals surface area contributed by atoms with Crippen molar-refractivity contribution in [3.8, 4) is 17.2 Å². The Morgan fingerprint density at radius 1 is 0.900 bits per heavy atom. The molecule has 3 heterocycles. The predicted molar refractivity (Wildman–Crippen MR) is 114 cm³/mol. The van der Waals surface area contributed by atoms with E-state index in [1.54, 1.807) is 6.07 Å². The molecule has 3 aliphatic rings. The van der Waals surface area contributed by atoms with Gasteiger partial charge >= 0.3 is 0 Å². The van der Waals surface area contributed by atoms with Gasteiger partial charge in [-0.05, 0) is 34.9 Å². The summed E-state index contributed by atoms with van der Waals surface area (Å²) >= 11 is 6.30. The molecule has 0 spiro atoms. The second kappa shape index (κ2) is 8.36. The van der Waals surface area contributed by atoms with Crippen LogP contribution in [-0.2, 0) is 24.2 Å². The van der Waals surface area contributed by atoms with Crippen molar-refractivity contribution in [1.82, 2.24) is 9.80 Å². The lowest BCUT2D eigenvalue weighted by Gasteiger charge is -2.35. The van der Waals surface area contributed by atoms with Gasteiger partial charge in [-0.1, -0.05) is 23.7 Å². The van der Waals surface area contributed by atoms with Gasteiger partial charge in [0.05, 0.1) is 18.1 Å². The smallest absolute Gasteiger partial charge is 0.227 e. The summed E-state index contributed by atoms with van der Waals surface area (Å²) in [7, 11) is 0. The molecule has 0 radical (unpaired) electrons. The maximum atomic E-state index is 12.8. The van der Waals surface area contributed by atoms with Crippen LogP contribution in [0.5, 0.6) is 17.2 Å². The van der Waals surface area contributed by atoms with Crippen molar-refractivity contribution in [3.63, 3.8) is 0 Å². The molecule has 3 aliphatic heterocycles. The topological polar surface area (TPSA) is 51.2 Å². The molecule has 0 bridgehead atoms. The fraction of sp³-hybridized carbons (Fsp3) is 0.435. The molecule has 1 saturated heterocycles. The number of halogens is 1. The van der Waals surface area contributed by atoms with Gasteiger partial charge in [-0.25, -0.2) is 0 Å². The molecule has 6 nitrogen and oxygen atoms in total. The Balaban J connectivity index is 1.16. The van der Waals surface area contributed by atoms with E-state index in [0.29, 0.717) is 36.2 Å². The third-order valence-electron chi connectivity index (χ3n) is 5.90. The van der Waals surface area contributed by atoms with Crippen LogP contribution < -0.4 is 14.2 Å². The van der Waals surface area contributed by atoms with E-state index in [0.717, 1.165) is 57.1 Å². The zero-order chi connectivity index (χ0) is 20.5. The molecule has 2 aromatic rings. The van der Waals surface area contributed by atoms with E-state index in [1.165, 1.54) is 11.1 Å². The Morgan fingerprint density at radius 2 is 1.70 bits per heavy atom. The van der Waals surface area contributed by atoms with Crippen LogP contribution in [0.3, 0.4) is 0 Å². The number of hydrogen-bond donors (Lipinski definition) is 0. The summed E-state index contributed by atoms with van der Waals surface area (Å²) in [4.78, 5) is 17.2. The van der Waals surface area contributed by atoms with Gasteiger partial charge in [0.15, 0.2) is 11.5 Å². The van der Waals surface area contributed by atoms with Crippen LogP contribution >= 0.6 is 11.6 Å². The third kappa shape index (κ3) is 4.07. The monoisotopic (exact) mass is 428 g/mol. The molecule has 2 aromatic carbocycles. The first-order valence-electron chi connectivity index (χ1n) is 10.5. The molecule has 7 heteroatoms. The van der Waals surface area contributed by atoms with Gasteiger partial charge in [0.1, 0.15) is 19.0 Å². The summed E-state index contributed by atoms with van der Waals surface area (Å²) in [6.45, 7) is 5.93. The first-order chi connectivity index (χ1) is 14.7. The summed E-state index contributed by atoms with van der Waals surface area (Å²) in [5, 5.41) is 0.500. The molecule has 1 fully saturated rings. The Kier molecular flexibility index (Phi) is 5.44. The predicted octanol–water partition coefficient (Wildman–Crippen LogP) is 2.93. The number of benzene rings is 2. The molecular weight excluding hydrogens is 404 g/mol. The van der Waals surface area contributed by atoms with Gasteiger partial charge in [-0.3, -0.25) is 9.69 Å². The molecule has 158 valence electrons. The molecular formula is C23H25ClN2O4. The first-order valence-corrected chi connectivity index (χ1v) is 10.9. The number of carbonyl (C=O) groups is 1. The van der Waals surface area contributed by atoms with E-state index < -0.39 is 0 Å². The van der Waals surface area contributed by atoms with E-state index in [9.17, 15) is 4.79 Å². The van der Waals surface area contributed by atoms with Gasteiger partial charge in [0.25, 0.3) is 0 Å². The SMILES string of the molecule is O=C(Cc1cc(Cl)c2c(c1)OCCO2)N1CCN(Cc2ccc3c(c2)CCO3)CC1. The quantitative estimate of drug-likeness (QED) is 0.749. The van der Waals surface area contributed by atoms with Crippen molar-refractivity contribution in [2.75, 3.05) is 46.0 Å². The van der Waals surface area contributed by atoms with E-state index in [2.05, 4.69) is 23.1 Å². The molecule has 0 aromatic heterocycles. The summed E-state index contributed by atoms with van der Waals surface area (Å²) in [5.41, 5.74) is 3.47. The van der Waals surface area contributed by atoms with Gasteiger partial charge in [0, 0.05) is 39.1 Å². The number of piperazine rings is 1. The number of carbonyl (C=O) groups excluding carboxylic acids is 1. The maximum absolute atomic E-state index is 12.8. The molecule has 5 rings (SSSR count). The Hall–Kier alpha value is -2.44. The zero-order valence-corrected chi connectivity index (χ0v) is 17.6. The summed E-state index contributed by atoms with van der Waals surface area (Å²) in [6.07, 6.45) is 1.32. The van der Waals surface area contributed by atoms with Crippen molar-refractivity contribution in [3.05, 3.63) is 52.0 Å². The van der Waals surface area contributed by atoms with Crippen LogP contribution in [0.2, 0.25) is 5.02 Å². The molecule has 0 N–H and O–H groups in total.